The standard InChI is InChI=1S/C32H22F3O3PS/c1-19(20(2)36)31(23-11-15-24(16-12-23)32(33,34)35)39(40)37-27-17-13-21-7-3-5-9-25(21)29(27)30-26-10-6-4-8-22(26)14-18-28(30)38-39/h3-18,31H,1H2,2H3/t31-/m1/s1. The SMILES string of the molecule is C=C(C(C)=O)[C@H](c1ccc(C(F)(F)F)cc1)[P+]1([S-])Oc2ccc3ccccc3c2-c2c(ccc3ccccc23)O1. The molecule has 40 heavy (non-hydrogen) atoms. The fourth-order valence-electron chi connectivity index (χ4n) is 5.19. The number of halogens is 3. The van der Waals surface area contributed by atoms with E-state index in [4.69, 9.17) is 21.3 Å². The molecular weight excluding hydrogens is 552 g/mol. The third-order valence-corrected chi connectivity index (χ3v) is 10.4. The molecule has 0 amide bonds. The Morgan fingerprint density at radius 1 is 0.775 bits per heavy atom. The summed E-state index contributed by atoms with van der Waals surface area (Å²) in [5, 5.41) is 3.85. The van der Waals surface area contributed by atoms with Crippen LogP contribution < -0.4 is 9.05 Å². The molecule has 0 bridgehead atoms. The second kappa shape index (κ2) is 9.69. The highest BCUT2D eigenvalue weighted by atomic mass is 32.7. The van der Waals surface area contributed by atoms with E-state index in [-0.39, 0.29) is 11.4 Å². The number of hydrogen-bond donors (Lipinski definition) is 0. The molecule has 5 aromatic carbocycles. The number of carbonyl (C=O) groups excluding carboxylic acids is 1. The lowest BCUT2D eigenvalue weighted by Crippen LogP contribution is -2.19. The van der Waals surface area contributed by atoms with Crippen LogP contribution in [0.2, 0.25) is 0 Å². The highest BCUT2D eigenvalue weighted by Crippen LogP contribution is 2.73. The van der Waals surface area contributed by atoms with Gasteiger partial charge in [-0.15, -0.1) is 0 Å². The predicted octanol–water partition coefficient (Wildman–Crippen LogP) is 9.65. The van der Waals surface area contributed by atoms with Gasteiger partial charge in [-0.1, -0.05) is 79.4 Å². The lowest BCUT2D eigenvalue weighted by Gasteiger charge is -2.35. The molecule has 0 aromatic heterocycles. The maximum Gasteiger partial charge on any atom is 0.416 e. The molecule has 0 radical (unpaired) electrons. The van der Waals surface area contributed by atoms with Crippen LogP contribution in [0.5, 0.6) is 11.5 Å². The van der Waals surface area contributed by atoms with E-state index in [1.165, 1.54) is 19.1 Å². The lowest BCUT2D eigenvalue weighted by atomic mass is 9.92. The minimum atomic E-state index is -4.51. The molecular formula is C32H22F3O3PS. The number of Topliss-reactive ketones (excluding diaryl/α,β-unsaturated/α-hetero) is 1. The van der Waals surface area contributed by atoms with E-state index in [0.29, 0.717) is 17.1 Å². The van der Waals surface area contributed by atoms with Gasteiger partial charge in [-0.3, -0.25) is 4.79 Å². The van der Waals surface area contributed by atoms with Crippen LogP contribution in [0.3, 0.4) is 0 Å². The summed E-state index contributed by atoms with van der Waals surface area (Å²) in [6.45, 7) is 1.80. The van der Waals surface area contributed by atoms with Gasteiger partial charge in [0.1, 0.15) is 0 Å². The molecule has 3 nitrogen and oxygen atoms in total. The molecule has 8 heteroatoms. The summed E-state index contributed by atoms with van der Waals surface area (Å²) in [5.41, 5.74) is 0.279. The summed E-state index contributed by atoms with van der Waals surface area (Å²) in [6, 6.07) is 27.9. The number of alkyl halides is 3. The van der Waals surface area contributed by atoms with E-state index in [9.17, 15) is 18.0 Å². The number of hydrogen-bond acceptors (Lipinski definition) is 4. The van der Waals surface area contributed by atoms with Gasteiger partial charge in [0.05, 0.1) is 5.56 Å². The minimum Gasteiger partial charge on any atom is -0.472 e. The van der Waals surface area contributed by atoms with Crippen molar-refractivity contribution in [3.05, 3.63) is 120 Å². The van der Waals surface area contributed by atoms with Gasteiger partial charge in [0, 0.05) is 22.3 Å². The van der Waals surface area contributed by atoms with E-state index in [1.54, 1.807) is 0 Å². The Bertz CT molecular complexity index is 1730. The van der Waals surface area contributed by atoms with Gasteiger partial charge < -0.3 is 21.3 Å². The zero-order chi connectivity index (χ0) is 28.2. The van der Waals surface area contributed by atoms with E-state index >= 15 is 0 Å². The Morgan fingerprint density at radius 3 is 1.70 bits per heavy atom. The zero-order valence-electron chi connectivity index (χ0n) is 21.2. The van der Waals surface area contributed by atoms with Crippen molar-refractivity contribution < 1.29 is 27.0 Å². The van der Waals surface area contributed by atoms with Crippen LogP contribution in [-0.4, -0.2) is 5.78 Å². The van der Waals surface area contributed by atoms with Gasteiger partial charge >= 0.3 is 6.18 Å². The van der Waals surface area contributed by atoms with E-state index in [0.717, 1.165) is 44.8 Å². The molecule has 0 unspecified atom stereocenters. The summed E-state index contributed by atoms with van der Waals surface area (Å²) < 4.78 is 53.3. The van der Waals surface area contributed by atoms with Crippen molar-refractivity contribution >= 4 is 46.5 Å². The molecule has 0 saturated carbocycles. The van der Waals surface area contributed by atoms with E-state index in [2.05, 4.69) is 6.58 Å². The Morgan fingerprint density at radius 2 is 1.25 bits per heavy atom. The smallest absolute Gasteiger partial charge is 0.416 e. The third kappa shape index (κ3) is 4.43. The molecule has 0 saturated heterocycles. The molecule has 0 aliphatic carbocycles. The van der Waals surface area contributed by atoms with Crippen molar-refractivity contribution in [2.45, 2.75) is 18.8 Å². The zero-order valence-corrected chi connectivity index (χ0v) is 22.9. The molecule has 1 aliphatic rings. The second-order valence-corrected chi connectivity index (χ2v) is 13.1. The Hall–Kier alpha value is -3.80. The average Bonchev–Trinajstić information content (AvgIpc) is 3.06. The normalized spacial score (nSPS) is 14.8. The van der Waals surface area contributed by atoms with Crippen molar-refractivity contribution in [2.75, 3.05) is 0 Å². The lowest BCUT2D eigenvalue weighted by molar-refractivity contribution is -0.137. The molecule has 6 rings (SSSR count). The van der Waals surface area contributed by atoms with Crippen LogP contribution in [0, 0.1) is 0 Å². The summed E-state index contributed by atoms with van der Waals surface area (Å²) in [6.07, 6.45) is -4.51. The molecule has 5 aromatic rings. The third-order valence-electron chi connectivity index (χ3n) is 7.14. The fourth-order valence-corrected chi connectivity index (χ4v) is 8.62. The summed E-state index contributed by atoms with van der Waals surface area (Å²) in [4.78, 5) is 12.7. The first kappa shape index (κ1) is 26.4. The van der Waals surface area contributed by atoms with Crippen molar-refractivity contribution in [1.29, 1.82) is 0 Å². The number of benzene rings is 5. The van der Waals surface area contributed by atoms with E-state index < -0.39 is 24.3 Å². The molecule has 0 spiro atoms. The van der Waals surface area contributed by atoms with Crippen LogP contribution in [0.15, 0.2) is 109 Å². The first-order chi connectivity index (χ1) is 19.1. The topological polar surface area (TPSA) is 35.5 Å². The van der Waals surface area contributed by atoms with Crippen molar-refractivity contribution in [3.63, 3.8) is 0 Å². The number of carbonyl (C=O) groups is 1. The van der Waals surface area contributed by atoms with Gasteiger partial charge in [0.25, 0.3) is 6.92 Å². The fraction of sp³-hybridized carbons (Fsp3) is 0.0938. The molecule has 1 atom stereocenters. The van der Waals surface area contributed by atoms with Gasteiger partial charge in [0.2, 0.25) is 0 Å². The maximum atomic E-state index is 13.3. The molecule has 1 heterocycles. The maximum absolute atomic E-state index is 13.3. The Balaban J connectivity index is 1.62. The first-order valence-corrected chi connectivity index (χ1v) is 15.2. The van der Waals surface area contributed by atoms with Gasteiger partial charge in [0.15, 0.2) is 22.9 Å². The van der Waals surface area contributed by atoms with Crippen LogP contribution in [0.1, 0.15) is 23.7 Å². The van der Waals surface area contributed by atoms with E-state index in [1.807, 2.05) is 72.8 Å². The largest absolute Gasteiger partial charge is 0.472 e. The summed E-state index contributed by atoms with van der Waals surface area (Å²) in [5.74, 6) is 0.596. The number of fused-ring (bicyclic) bond motifs is 7. The number of ketones is 1. The summed E-state index contributed by atoms with van der Waals surface area (Å²) in [7, 11) is 0. The minimum absolute atomic E-state index is 0.106. The number of allylic oxidation sites excluding steroid dienone is 1. The molecule has 0 fully saturated rings. The van der Waals surface area contributed by atoms with Gasteiger partial charge in [-0.25, -0.2) is 0 Å². The van der Waals surface area contributed by atoms with Crippen LogP contribution in [-0.2, 0) is 23.2 Å². The Kier molecular flexibility index (Phi) is 6.40. The summed E-state index contributed by atoms with van der Waals surface area (Å²) >= 11 is 6.17. The average molecular weight is 575 g/mol. The van der Waals surface area contributed by atoms with Crippen LogP contribution in [0.25, 0.3) is 32.7 Å². The van der Waals surface area contributed by atoms with Crippen LogP contribution >= 0.6 is 6.92 Å². The molecule has 0 N–H and O–H groups in total. The highest BCUT2D eigenvalue weighted by molar-refractivity contribution is 8.38. The number of rotatable bonds is 4. The second-order valence-electron chi connectivity index (χ2n) is 9.65. The molecule has 200 valence electrons. The van der Waals surface area contributed by atoms with Crippen molar-refractivity contribution in [3.8, 4) is 22.6 Å². The van der Waals surface area contributed by atoms with Gasteiger partial charge in [-0.2, -0.15) is 13.2 Å². The first-order valence-electron chi connectivity index (χ1n) is 12.5. The Labute approximate surface area is 234 Å². The van der Waals surface area contributed by atoms with Gasteiger partial charge in [-0.05, 0) is 52.7 Å². The van der Waals surface area contributed by atoms with Crippen LogP contribution in [0.4, 0.5) is 13.2 Å². The quantitative estimate of drug-likeness (QED) is 0.122. The van der Waals surface area contributed by atoms with Crippen molar-refractivity contribution in [2.24, 2.45) is 0 Å². The molecule has 1 aliphatic heterocycles. The predicted molar refractivity (Wildman–Crippen MR) is 156 cm³/mol. The highest BCUT2D eigenvalue weighted by Gasteiger charge is 2.48. The monoisotopic (exact) mass is 574 g/mol. The van der Waals surface area contributed by atoms with Crippen molar-refractivity contribution in [1.82, 2.24) is 0 Å².